The van der Waals surface area contributed by atoms with Gasteiger partial charge in [-0.1, -0.05) is 29.8 Å². The minimum Gasteiger partial charge on any atom is -0.494 e. The van der Waals surface area contributed by atoms with E-state index in [1.165, 1.54) is 24.3 Å². The number of carbonyl (C=O) groups is 1. The lowest BCUT2D eigenvalue weighted by Gasteiger charge is -2.28. The number of carbonyl (C=O) groups excluding carboxylic acids is 1. The molecule has 1 aromatic heterocycles. The van der Waals surface area contributed by atoms with Crippen LogP contribution < -0.4 is 10.1 Å². The Morgan fingerprint density at radius 2 is 1.71 bits per heavy atom. The molecular weight excluding hydrogens is 452 g/mol. The lowest BCUT2D eigenvalue weighted by Crippen LogP contribution is -2.36. The molecule has 1 atom stereocenters. The quantitative estimate of drug-likeness (QED) is 0.487. The Hall–Kier alpha value is -3.10. The van der Waals surface area contributed by atoms with Crippen molar-refractivity contribution in [2.24, 2.45) is 0 Å². The Kier molecular flexibility index (Phi) is 7.38. The van der Waals surface area contributed by atoms with E-state index in [4.69, 9.17) is 9.15 Å². The molecule has 34 heavy (non-hydrogen) atoms. The van der Waals surface area contributed by atoms with E-state index in [-0.39, 0.29) is 21.8 Å². The Labute approximate surface area is 200 Å². The van der Waals surface area contributed by atoms with Gasteiger partial charge in [0, 0.05) is 6.54 Å². The zero-order valence-electron chi connectivity index (χ0n) is 19.5. The van der Waals surface area contributed by atoms with Crippen molar-refractivity contribution < 1.29 is 22.4 Å². The number of hydrogen-bond acceptors (Lipinski definition) is 6. The van der Waals surface area contributed by atoms with Gasteiger partial charge >= 0.3 is 0 Å². The molecule has 7 nitrogen and oxygen atoms in total. The molecule has 0 saturated carbocycles. The van der Waals surface area contributed by atoms with Crippen LogP contribution in [0.15, 0.2) is 75.1 Å². The predicted molar refractivity (Wildman–Crippen MR) is 129 cm³/mol. The van der Waals surface area contributed by atoms with Crippen LogP contribution in [-0.2, 0) is 9.84 Å². The van der Waals surface area contributed by atoms with Crippen molar-refractivity contribution in [2.75, 3.05) is 26.2 Å². The Morgan fingerprint density at radius 1 is 1.03 bits per heavy atom. The maximum atomic E-state index is 12.8. The largest absolute Gasteiger partial charge is 0.494 e. The summed E-state index contributed by atoms with van der Waals surface area (Å²) in [6, 6.07) is 17.2. The molecule has 1 aliphatic heterocycles. The lowest BCUT2D eigenvalue weighted by atomic mass is 10.1. The summed E-state index contributed by atoms with van der Waals surface area (Å²) in [6.07, 6.45) is 2.25. The van der Waals surface area contributed by atoms with Gasteiger partial charge in [0.2, 0.25) is 14.9 Å². The number of hydrogen-bond donors (Lipinski definition) is 1. The van der Waals surface area contributed by atoms with E-state index >= 15 is 0 Å². The summed E-state index contributed by atoms with van der Waals surface area (Å²) in [5.74, 6) is 0.339. The van der Waals surface area contributed by atoms with Gasteiger partial charge in [-0.15, -0.1) is 0 Å². The zero-order valence-corrected chi connectivity index (χ0v) is 20.3. The van der Waals surface area contributed by atoms with Gasteiger partial charge in [-0.05, 0) is 81.7 Å². The van der Waals surface area contributed by atoms with E-state index in [0.29, 0.717) is 13.2 Å². The van der Waals surface area contributed by atoms with Gasteiger partial charge in [-0.25, -0.2) is 8.42 Å². The van der Waals surface area contributed by atoms with Crippen molar-refractivity contribution in [3.8, 4) is 5.75 Å². The van der Waals surface area contributed by atoms with Crippen LogP contribution in [0.5, 0.6) is 5.75 Å². The van der Waals surface area contributed by atoms with E-state index in [0.717, 1.165) is 42.8 Å². The first kappa shape index (κ1) is 24.0. The van der Waals surface area contributed by atoms with Crippen LogP contribution in [-0.4, -0.2) is 45.5 Å². The van der Waals surface area contributed by atoms with Crippen molar-refractivity contribution in [1.82, 2.24) is 10.2 Å². The molecule has 0 bridgehead atoms. The van der Waals surface area contributed by atoms with Crippen LogP contribution in [0.2, 0.25) is 0 Å². The number of nitrogens with zero attached hydrogens (tertiary/aromatic N) is 1. The minimum atomic E-state index is -3.83. The average molecular weight is 483 g/mol. The number of benzene rings is 2. The van der Waals surface area contributed by atoms with Crippen molar-refractivity contribution in [1.29, 1.82) is 0 Å². The van der Waals surface area contributed by atoms with E-state index in [9.17, 15) is 13.2 Å². The fourth-order valence-electron chi connectivity index (χ4n) is 4.16. The number of sulfone groups is 1. The third-order valence-corrected chi connectivity index (χ3v) is 7.66. The van der Waals surface area contributed by atoms with Gasteiger partial charge in [0.1, 0.15) is 5.75 Å². The van der Waals surface area contributed by atoms with Crippen LogP contribution in [0.4, 0.5) is 0 Å². The Morgan fingerprint density at radius 3 is 2.35 bits per heavy atom. The smallest absolute Gasteiger partial charge is 0.287 e. The maximum absolute atomic E-state index is 12.8. The van der Waals surface area contributed by atoms with Gasteiger partial charge in [0.25, 0.3) is 5.91 Å². The van der Waals surface area contributed by atoms with Crippen molar-refractivity contribution >= 4 is 15.7 Å². The summed E-state index contributed by atoms with van der Waals surface area (Å²) in [4.78, 5) is 15.3. The summed E-state index contributed by atoms with van der Waals surface area (Å²) in [7, 11) is -3.83. The summed E-state index contributed by atoms with van der Waals surface area (Å²) in [5, 5.41) is 2.68. The van der Waals surface area contributed by atoms with E-state index in [2.05, 4.69) is 10.2 Å². The van der Waals surface area contributed by atoms with Crippen LogP contribution in [0.3, 0.4) is 0 Å². The highest BCUT2D eigenvalue weighted by molar-refractivity contribution is 7.91. The number of furan rings is 1. The molecule has 2 heterocycles. The maximum Gasteiger partial charge on any atom is 0.287 e. The summed E-state index contributed by atoms with van der Waals surface area (Å²) in [5.41, 5.74) is 2.05. The molecular formula is C26H30N2O5S. The third-order valence-electron chi connectivity index (χ3n) is 6.01. The fraction of sp³-hybridized carbons (Fsp3) is 0.346. The van der Waals surface area contributed by atoms with Gasteiger partial charge < -0.3 is 14.5 Å². The second-order valence-electron chi connectivity index (χ2n) is 8.41. The Balaban J connectivity index is 1.47. The predicted octanol–water partition coefficient (Wildman–Crippen LogP) is 4.39. The van der Waals surface area contributed by atoms with Crippen molar-refractivity contribution in [2.45, 2.75) is 42.7 Å². The molecule has 1 fully saturated rings. The number of rotatable bonds is 9. The standard InChI is InChI=1S/C26H30N2O5S/c1-3-32-21-10-8-20(9-11-21)23(28-16-4-5-17-28)18-27-26(29)24-14-15-25(33-24)34(30,31)22-12-6-19(2)7-13-22/h6-15,23H,3-5,16-18H2,1-2H3,(H,27,29). The highest BCUT2D eigenvalue weighted by atomic mass is 32.2. The van der Waals surface area contributed by atoms with Crippen LogP contribution in [0, 0.1) is 6.92 Å². The van der Waals surface area contributed by atoms with Gasteiger partial charge in [-0.3, -0.25) is 9.69 Å². The molecule has 0 spiro atoms. The van der Waals surface area contributed by atoms with Crippen LogP contribution >= 0.6 is 0 Å². The SMILES string of the molecule is CCOc1ccc(C(CNC(=O)c2ccc(S(=O)(=O)c3ccc(C)cc3)o2)N2CCCC2)cc1. The first-order valence-corrected chi connectivity index (χ1v) is 13.0. The van der Waals surface area contributed by atoms with Crippen LogP contribution in [0.25, 0.3) is 0 Å². The molecule has 0 aliphatic carbocycles. The van der Waals surface area contributed by atoms with Gasteiger partial charge in [0.15, 0.2) is 5.76 Å². The summed E-state index contributed by atoms with van der Waals surface area (Å²) in [6.45, 7) is 6.75. The monoisotopic (exact) mass is 482 g/mol. The molecule has 180 valence electrons. The topological polar surface area (TPSA) is 88.8 Å². The summed E-state index contributed by atoms with van der Waals surface area (Å²) >= 11 is 0. The number of likely N-dealkylation sites (tertiary alicyclic amines) is 1. The normalized spacial score (nSPS) is 15.2. The molecule has 1 saturated heterocycles. The average Bonchev–Trinajstić information content (AvgIpc) is 3.54. The lowest BCUT2D eigenvalue weighted by molar-refractivity contribution is 0.0905. The van der Waals surface area contributed by atoms with E-state index in [1.54, 1.807) is 12.1 Å². The minimum absolute atomic E-state index is 0.00727. The van der Waals surface area contributed by atoms with Gasteiger partial charge in [-0.2, -0.15) is 0 Å². The molecule has 4 rings (SSSR count). The molecule has 1 unspecified atom stereocenters. The molecule has 1 amide bonds. The zero-order chi connectivity index (χ0) is 24.1. The molecule has 1 aliphatic rings. The third kappa shape index (κ3) is 5.34. The second-order valence-corrected chi connectivity index (χ2v) is 10.3. The highest BCUT2D eigenvalue weighted by Crippen LogP contribution is 2.27. The molecule has 2 aromatic carbocycles. The van der Waals surface area contributed by atoms with Crippen molar-refractivity contribution in [3.05, 3.63) is 77.6 Å². The highest BCUT2D eigenvalue weighted by Gasteiger charge is 2.26. The molecule has 1 N–H and O–H groups in total. The van der Waals surface area contributed by atoms with Crippen molar-refractivity contribution in [3.63, 3.8) is 0 Å². The number of amides is 1. The van der Waals surface area contributed by atoms with Gasteiger partial charge in [0.05, 0.1) is 17.5 Å². The number of ether oxygens (including phenoxy) is 1. The first-order valence-electron chi connectivity index (χ1n) is 11.5. The fourth-order valence-corrected chi connectivity index (χ4v) is 5.33. The molecule has 8 heteroatoms. The van der Waals surface area contributed by atoms with Crippen LogP contribution in [0.1, 0.15) is 47.5 Å². The van der Waals surface area contributed by atoms with E-state index < -0.39 is 15.7 Å². The summed E-state index contributed by atoms with van der Waals surface area (Å²) < 4.78 is 36.7. The first-order chi connectivity index (χ1) is 16.4. The second kappa shape index (κ2) is 10.4. The van der Waals surface area contributed by atoms with E-state index in [1.807, 2.05) is 38.1 Å². The number of aryl methyl sites for hydroxylation is 1. The number of nitrogens with one attached hydrogen (secondary N) is 1. The molecule has 3 aromatic rings. The molecule has 0 radical (unpaired) electrons. The Bertz CT molecular complexity index is 1210.